The van der Waals surface area contributed by atoms with Crippen molar-refractivity contribution in [1.29, 1.82) is 0 Å². The number of hydrogen-bond acceptors (Lipinski definition) is 1. The third-order valence-corrected chi connectivity index (χ3v) is 2.65. The van der Waals surface area contributed by atoms with E-state index >= 15 is 0 Å². The molecule has 0 radical (unpaired) electrons. The summed E-state index contributed by atoms with van der Waals surface area (Å²) in [6, 6.07) is 4.23. The van der Waals surface area contributed by atoms with Gasteiger partial charge in [-0.25, -0.2) is 0 Å². The van der Waals surface area contributed by atoms with Crippen molar-refractivity contribution in [3.05, 3.63) is 26.8 Å². The van der Waals surface area contributed by atoms with E-state index in [1.165, 1.54) is 11.1 Å². The van der Waals surface area contributed by atoms with E-state index in [2.05, 4.69) is 48.6 Å². The molecule has 0 heterocycles. The number of aryl methyl sites for hydroxylation is 2. The minimum absolute atomic E-state index is 0.531. The third kappa shape index (κ3) is 3.02. The van der Waals surface area contributed by atoms with Gasteiger partial charge in [0.1, 0.15) is 12.4 Å². The molecule has 0 amide bonds. The minimum atomic E-state index is 0.531. The predicted octanol–water partition coefficient (Wildman–Crippen LogP) is 3.53. The predicted molar refractivity (Wildman–Crippen MR) is 64.8 cm³/mol. The van der Waals surface area contributed by atoms with Gasteiger partial charge < -0.3 is 4.74 Å². The highest BCUT2D eigenvalue weighted by atomic mass is 127. The van der Waals surface area contributed by atoms with Crippen LogP contribution in [0.4, 0.5) is 0 Å². The number of ether oxygens (including phenoxy) is 1. The maximum atomic E-state index is 5.56. The number of alkyl halides is 1. The van der Waals surface area contributed by atoms with Crippen LogP contribution in [0.2, 0.25) is 0 Å². The Kier molecular flexibility index (Phi) is 4.32. The summed E-state index contributed by atoms with van der Waals surface area (Å²) in [4.78, 5) is 0. The molecular formula is C10H12ClIO. The molecule has 3 heteroatoms. The van der Waals surface area contributed by atoms with Crippen LogP contribution in [0.25, 0.3) is 0 Å². The van der Waals surface area contributed by atoms with E-state index in [0.29, 0.717) is 12.5 Å². The Morgan fingerprint density at radius 1 is 1.38 bits per heavy atom. The average Bonchev–Trinajstić information content (AvgIpc) is 2.02. The molecular weight excluding hydrogens is 298 g/mol. The van der Waals surface area contributed by atoms with Crippen LogP contribution in [0.15, 0.2) is 12.1 Å². The topological polar surface area (TPSA) is 9.23 Å². The highest BCUT2D eigenvalue weighted by Gasteiger charge is 2.05. The van der Waals surface area contributed by atoms with Crippen molar-refractivity contribution in [3.63, 3.8) is 0 Å². The van der Waals surface area contributed by atoms with Gasteiger partial charge in [0.15, 0.2) is 0 Å². The zero-order valence-corrected chi connectivity index (χ0v) is 10.6. The van der Waals surface area contributed by atoms with Crippen LogP contribution in [0, 0.1) is 17.4 Å². The summed E-state index contributed by atoms with van der Waals surface area (Å²) in [7, 11) is 0. The molecule has 0 aliphatic heterocycles. The number of halogens is 2. The Morgan fingerprint density at radius 2 is 2.08 bits per heavy atom. The quantitative estimate of drug-likeness (QED) is 0.613. The van der Waals surface area contributed by atoms with E-state index in [0.717, 1.165) is 9.32 Å². The van der Waals surface area contributed by atoms with Gasteiger partial charge in [0.2, 0.25) is 0 Å². The monoisotopic (exact) mass is 310 g/mol. The zero-order valence-electron chi connectivity index (χ0n) is 7.73. The van der Waals surface area contributed by atoms with Crippen LogP contribution in [0.3, 0.4) is 0 Å². The Labute approximate surface area is 97.6 Å². The Balaban J connectivity index is 2.92. The summed E-state index contributed by atoms with van der Waals surface area (Å²) in [5.74, 6) is 1.50. The van der Waals surface area contributed by atoms with Crippen LogP contribution in [-0.4, -0.2) is 12.5 Å². The molecule has 1 rings (SSSR count). The number of benzene rings is 1. The highest BCUT2D eigenvalue weighted by molar-refractivity contribution is 14.1. The fraction of sp³-hybridized carbons (Fsp3) is 0.400. The molecule has 1 aromatic rings. The molecule has 0 atom stereocenters. The summed E-state index contributed by atoms with van der Waals surface area (Å²) in [5, 5.41) is 0. The standard InChI is InChI=1S/C10H12ClIO/c1-7-5-8(2)10(9(12)6-7)13-4-3-11/h5-6H,3-4H2,1-2H3. The van der Waals surface area contributed by atoms with E-state index in [9.17, 15) is 0 Å². The van der Waals surface area contributed by atoms with Crippen molar-refractivity contribution in [2.24, 2.45) is 0 Å². The molecule has 1 aromatic carbocycles. The van der Waals surface area contributed by atoms with Gasteiger partial charge in [0.25, 0.3) is 0 Å². The van der Waals surface area contributed by atoms with E-state index < -0.39 is 0 Å². The van der Waals surface area contributed by atoms with Gasteiger partial charge in [-0.05, 0) is 53.6 Å². The summed E-state index contributed by atoms with van der Waals surface area (Å²) in [5.41, 5.74) is 2.44. The van der Waals surface area contributed by atoms with Gasteiger partial charge in [-0.3, -0.25) is 0 Å². The molecule has 0 unspecified atom stereocenters. The lowest BCUT2D eigenvalue weighted by Gasteiger charge is -2.10. The first kappa shape index (κ1) is 11.1. The van der Waals surface area contributed by atoms with Gasteiger partial charge in [0.05, 0.1) is 9.45 Å². The summed E-state index contributed by atoms with van der Waals surface area (Å²) in [6.07, 6.45) is 0. The van der Waals surface area contributed by atoms with E-state index in [1.54, 1.807) is 0 Å². The zero-order chi connectivity index (χ0) is 9.84. The van der Waals surface area contributed by atoms with Crippen molar-refractivity contribution >= 4 is 34.2 Å². The lowest BCUT2D eigenvalue weighted by atomic mass is 10.1. The molecule has 0 aromatic heterocycles. The van der Waals surface area contributed by atoms with Gasteiger partial charge in [-0.15, -0.1) is 11.6 Å². The van der Waals surface area contributed by atoms with Gasteiger partial charge >= 0.3 is 0 Å². The number of hydrogen-bond donors (Lipinski definition) is 0. The molecule has 1 nitrogen and oxygen atoms in total. The Morgan fingerprint density at radius 3 is 2.62 bits per heavy atom. The molecule has 0 bridgehead atoms. The van der Waals surface area contributed by atoms with E-state index in [-0.39, 0.29) is 0 Å². The molecule has 0 fully saturated rings. The fourth-order valence-corrected chi connectivity index (χ4v) is 2.38. The average molecular weight is 311 g/mol. The minimum Gasteiger partial charge on any atom is -0.491 e. The van der Waals surface area contributed by atoms with E-state index in [1.807, 2.05) is 0 Å². The Hall–Kier alpha value is 0.0400. The second-order valence-corrected chi connectivity index (χ2v) is 4.47. The van der Waals surface area contributed by atoms with Crippen molar-refractivity contribution < 1.29 is 4.74 Å². The smallest absolute Gasteiger partial charge is 0.135 e. The third-order valence-electron chi connectivity index (χ3n) is 1.70. The van der Waals surface area contributed by atoms with Crippen molar-refractivity contribution in [2.45, 2.75) is 13.8 Å². The molecule has 0 saturated carbocycles. The lowest BCUT2D eigenvalue weighted by molar-refractivity contribution is 0.338. The van der Waals surface area contributed by atoms with Crippen LogP contribution < -0.4 is 4.74 Å². The first-order chi connectivity index (χ1) is 6.15. The second-order valence-electron chi connectivity index (χ2n) is 2.93. The SMILES string of the molecule is Cc1cc(C)c(OCCCl)c(I)c1. The normalized spacial score (nSPS) is 10.2. The second kappa shape index (κ2) is 5.05. The van der Waals surface area contributed by atoms with E-state index in [4.69, 9.17) is 16.3 Å². The van der Waals surface area contributed by atoms with Crippen LogP contribution in [0.1, 0.15) is 11.1 Å². The van der Waals surface area contributed by atoms with Gasteiger partial charge in [-0.1, -0.05) is 6.07 Å². The summed E-state index contributed by atoms with van der Waals surface area (Å²) in [6.45, 7) is 4.71. The summed E-state index contributed by atoms with van der Waals surface area (Å²) < 4.78 is 6.69. The van der Waals surface area contributed by atoms with Gasteiger partial charge in [-0.2, -0.15) is 0 Å². The van der Waals surface area contributed by atoms with Crippen LogP contribution >= 0.6 is 34.2 Å². The molecule has 13 heavy (non-hydrogen) atoms. The molecule has 0 spiro atoms. The van der Waals surface area contributed by atoms with Crippen molar-refractivity contribution in [3.8, 4) is 5.75 Å². The Bertz CT molecular complexity index is 276. The number of rotatable bonds is 3. The molecule has 0 saturated heterocycles. The first-order valence-electron chi connectivity index (χ1n) is 4.10. The molecule has 0 N–H and O–H groups in total. The highest BCUT2D eigenvalue weighted by Crippen LogP contribution is 2.26. The van der Waals surface area contributed by atoms with Gasteiger partial charge in [0, 0.05) is 0 Å². The van der Waals surface area contributed by atoms with Crippen LogP contribution in [0.5, 0.6) is 5.75 Å². The van der Waals surface area contributed by atoms with Crippen molar-refractivity contribution in [2.75, 3.05) is 12.5 Å². The fourth-order valence-electron chi connectivity index (χ4n) is 1.23. The van der Waals surface area contributed by atoms with Crippen molar-refractivity contribution in [1.82, 2.24) is 0 Å². The molecule has 72 valence electrons. The molecule has 0 aliphatic carbocycles. The maximum absolute atomic E-state index is 5.56. The lowest BCUT2D eigenvalue weighted by Crippen LogP contribution is -2.01. The maximum Gasteiger partial charge on any atom is 0.135 e. The first-order valence-corrected chi connectivity index (χ1v) is 5.72. The molecule has 0 aliphatic rings. The largest absolute Gasteiger partial charge is 0.491 e. The van der Waals surface area contributed by atoms with Crippen LogP contribution in [-0.2, 0) is 0 Å². The summed E-state index contributed by atoms with van der Waals surface area (Å²) >= 11 is 7.84.